The molecule has 0 spiro atoms. The summed E-state index contributed by atoms with van der Waals surface area (Å²) >= 11 is 0. The van der Waals surface area contributed by atoms with Crippen molar-refractivity contribution in [2.24, 2.45) is 11.7 Å². The minimum absolute atomic E-state index is 0.246. The van der Waals surface area contributed by atoms with E-state index in [4.69, 9.17) is 5.73 Å². The molecule has 0 aromatic rings. The number of halogens is 3. The second-order valence-electron chi connectivity index (χ2n) is 4.19. The molecule has 1 rings (SSSR count). The average molecular weight is 254 g/mol. The van der Waals surface area contributed by atoms with Crippen LogP contribution in [0, 0.1) is 5.92 Å². The molecule has 1 aliphatic heterocycles. The Hall–Kier alpha value is -0.820. The van der Waals surface area contributed by atoms with Gasteiger partial charge in [-0.25, -0.2) is 0 Å². The van der Waals surface area contributed by atoms with Gasteiger partial charge < -0.3 is 15.4 Å². The molecular formula is C10H17F3N2O2. The van der Waals surface area contributed by atoms with E-state index in [0.717, 1.165) is 12.8 Å². The molecule has 0 saturated carbocycles. The Labute approximate surface area is 97.9 Å². The second kappa shape index (κ2) is 6.20. The third-order valence-corrected chi connectivity index (χ3v) is 2.70. The minimum Gasteiger partial charge on any atom is -0.362 e. The highest BCUT2D eigenvalue weighted by Crippen LogP contribution is 2.16. The van der Waals surface area contributed by atoms with Gasteiger partial charge in [-0.3, -0.25) is 4.79 Å². The first-order valence-corrected chi connectivity index (χ1v) is 5.54. The van der Waals surface area contributed by atoms with Gasteiger partial charge in [-0.2, -0.15) is 13.2 Å². The number of hydrogen-bond donors (Lipinski definition) is 1. The largest absolute Gasteiger partial charge is 0.411 e. The van der Waals surface area contributed by atoms with Crippen LogP contribution >= 0.6 is 0 Å². The van der Waals surface area contributed by atoms with Crippen LogP contribution in [-0.4, -0.2) is 49.8 Å². The van der Waals surface area contributed by atoms with Crippen LogP contribution < -0.4 is 5.73 Å². The van der Waals surface area contributed by atoms with Crippen molar-refractivity contribution in [1.82, 2.24) is 4.90 Å². The first kappa shape index (κ1) is 14.2. The van der Waals surface area contributed by atoms with E-state index in [0.29, 0.717) is 19.6 Å². The summed E-state index contributed by atoms with van der Waals surface area (Å²) in [5.74, 6) is -0.150. The number of nitrogens with zero attached hydrogens (tertiary/aromatic N) is 1. The smallest absolute Gasteiger partial charge is 0.362 e. The summed E-state index contributed by atoms with van der Waals surface area (Å²) < 4.78 is 39.7. The lowest BCUT2D eigenvalue weighted by atomic mass is 9.98. The second-order valence-corrected chi connectivity index (χ2v) is 4.19. The molecule has 1 saturated heterocycles. The summed E-state index contributed by atoms with van der Waals surface area (Å²) in [5.41, 5.74) is 5.50. The van der Waals surface area contributed by atoms with E-state index in [1.54, 1.807) is 0 Å². The Morgan fingerprint density at radius 1 is 1.47 bits per heavy atom. The van der Waals surface area contributed by atoms with Gasteiger partial charge in [0.25, 0.3) is 0 Å². The number of rotatable bonds is 4. The first-order chi connectivity index (χ1) is 7.92. The van der Waals surface area contributed by atoms with Crippen LogP contribution in [0.5, 0.6) is 0 Å². The zero-order valence-corrected chi connectivity index (χ0v) is 9.50. The highest BCUT2D eigenvalue weighted by atomic mass is 19.4. The van der Waals surface area contributed by atoms with Crippen LogP contribution in [0.1, 0.15) is 12.8 Å². The molecule has 2 N–H and O–H groups in total. The predicted molar refractivity (Wildman–Crippen MR) is 55.2 cm³/mol. The maximum absolute atomic E-state index is 11.8. The Kier molecular flexibility index (Phi) is 5.20. The van der Waals surface area contributed by atoms with Gasteiger partial charge in [0, 0.05) is 13.1 Å². The Morgan fingerprint density at radius 2 is 2.18 bits per heavy atom. The molecule has 0 radical (unpaired) electrons. The number of carbonyl (C=O) groups is 1. The molecule has 1 fully saturated rings. The molecule has 0 aliphatic carbocycles. The van der Waals surface area contributed by atoms with Crippen LogP contribution in [0.4, 0.5) is 13.2 Å². The molecule has 1 atom stereocenters. The number of carbonyl (C=O) groups excluding carboxylic acids is 1. The monoisotopic (exact) mass is 254 g/mol. The molecule has 1 aliphatic rings. The van der Waals surface area contributed by atoms with E-state index < -0.39 is 25.3 Å². The summed E-state index contributed by atoms with van der Waals surface area (Å²) in [7, 11) is 0. The van der Waals surface area contributed by atoms with Crippen molar-refractivity contribution in [2.45, 2.75) is 19.0 Å². The number of likely N-dealkylation sites (tertiary alicyclic amines) is 1. The number of hydrogen-bond acceptors (Lipinski definition) is 3. The SMILES string of the molecule is NCC1CCCN(C(=O)COCC(F)(F)F)C1. The number of alkyl halides is 3. The van der Waals surface area contributed by atoms with Gasteiger partial charge in [0.2, 0.25) is 5.91 Å². The minimum atomic E-state index is -4.39. The summed E-state index contributed by atoms with van der Waals surface area (Å²) in [6, 6.07) is 0. The van der Waals surface area contributed by atoms with E-state index in [2.05, 4.69) is 4.74 Å². The highest BCUT2D eigenvalue weighted by molar-refractivity contribution is 5.77. The van der Waals surface area contributed by atoms with Crippen molar-refractivity contribution in [3.05, 3.63) is 0 Å². The van der Waals surface area contributed by atoms with Crippen LogP contribution in [0.15, 0.2) is 0 Å². The summed E-state index contributed by atoms with van der Waals surface area (Å²) in [6.07, 6.45) is -2.58. The van der Waals surface area contributed by atoms with E-state index >= 15 is 0 Å². The van der Waals surface area contributed by atoms with Crippen molar-refractivity contribution in [3.63, 3.8) is 0 Å². The van der Waals surface area contributed by atoms with Gasteiger partial charge in [0.05, 0.1) is 0 Å². The van der Waals surface area contributed by atoms with Gasteiger partial charge in [-0.1, -0.05) is 0 Å². The lowest BCUT2D eigenvalue weighted by Crippen LogP contribution is -2.43. The number of nitrogens with two attached hydrogens (primary N) is 1. The number of amides is 1. The zero-order valence-electron chi connectivity index (χ0n) is 9.50. The maximum Gasteiger partial charge on any atom is 0.411 e. The fourth-order valence-electron chi connectivity index (χ4n) is 1.83. The van der Waals surface area contributed by atoms with Gasteiger partial charge in [0.1, 0.15) is 13.2 Å². The maximum atomic E-state index is 11.8. The van der Waals surface area contributed by atoms with Crippen LogP contribution in [0.2, 0.25) is 0 Å². The zero-order chi connectivity index (χ0) is 12.9. The molecule has 7 heteroatoms. The molecule has 17 heavy (non-hydrogen) atoms. The Bertz CT molecular complexity index is 258. The lowest BCUT2D eigenvalue weighted by molar-refractivity contribution is -0.178. The van der Waals surface area contributed by atoms with Crippen molar-refractivity contribution >= 4 is 5.91 Å². The van der Waals surface area contributed by atoms with E-state index in [-0.39, 0.29) is 5.92 Å². The molecule has 0 bridgehead atoms. The Morgan fingerprint density at radius 3 is 2.76 bits per heavy atom. The quantitative estimate of drug-likeness (QED) is 0.806. The van der Waals surface area contributed by atoms with E-state index in [9.17, 15) is 18.0 Å². The number of ether oxygens (including phenoxy) is 1. The topological polar surface area (TPSA) is 55.6 Å². The van der Waals surface area contributed by atoms with Crippen LogP contribution in [0.25, 0.3) is 0 Å². The fraction of sp³-hybridized carbons (Fsp3) is 0.900. The van der Waals surface area contributed by atoms with Gasteiger partial charge in [-0.05, 0) is 25.3 Å². The molecule has 1 heterocycles. The van der Waals surface area contributed by atoms with E-state index in [1.165, 1.54) is 4.90 Å². The summed E-state index contributed by atoms with van der Waals surface area (Å²) in [4.78, 5) is 13.1. The van der Waals surface area contributed by atoms with Crippen LogP contribution in [-0.2, 0) is 9.53 Å². The Balaban J connectivity index is 2.27. The third kappa shape index (κ3) is 5.36. The van der Waals surface area contributed by atoms with Gasteiger partial charge >= 0.3 is 6.18 Å². The average Bonchev–Trinajstić information content (AvgIpc) is 2.27. The van der Waals surface area contributed by atoms with Crippen molar-refractivity contribution < 1.29 is 22.7 Å². The number of piperidine rings is 1. The molecular weight excluding hydrogens is 237 g/mol. The fourth-order valence-corrected chi connectivity index (χ4v) is 1.83. The predicted octanol–water partition coefficient (Wildman–Crippen LogP) is 0.763. The molecule has 1 unspecified atom stereocenters. The highest BCUT2D eigenvalue weighted by Gasteiger charge is 2.29. The van der Waals surface area contributed by atoms with Gasteiger partial charge in [-0.15, -0.1) is 0 Å². The standard InChI is InChI=1S/C10H17F3N2O2/c11-10(12,13)7-17-6-9(16)15-3-1-2-8(4-14)5-15/h8H,1-7,14H2. The first-order valence-electron chi connectivity index (χ1n) is 5.54. The summed E-state index contributed by atoms with van der Waals surface area (Å²) in [5, 5.41) is 0. The molecule has 0 aromatic heterocycles. The molecule has 1 amide bonds. The molecule has 4 nitrogen and oxygen atoms in total. The van der Waals surface area contributed by atoms with E-state index in [1.807, 2.05) is 0 Å². The van der Waals surface area contributed by atoms with Gasteiger partial charge in [0.15, 0.2) is 0 Å². The lowest BCUT2D eigenvalue weighted by Gasteiger charge is -2.32. The van der Waals surface area contributed by atoms with Crippen molar-refractivity contribution in [3.8, 4) is 0 Å². The molecule has 0 aromatic carbocycles. The normalized spacial score (nSPS) is 21.6. The van der Waals surface area contributed by atoms with Crippen LogP contribution in [0.3, 0.4) is 0 Å². The summed E-state index contributed by atoms with van der Waals surface area (Å²) in [6.45, 7) is -0.313. The third-order valence-electron chi connectivity index (χ3n) is 2.70. The van der Waals surface area contributed by atoms with Crippen molar-refractivity contribution in [1.29, 1.82) is 0 Å². The van der Waals surface area contributed by atoms with Crippen molar-refractivity contribution in [2.75, 3.05) is 32.8 Å². The molecule has 100 valence electrons.